The molecule has 0 radical (unpaired) electrons. The zero-order valence-corrected chi connectivity index (χ0v) is 20.9. The first-order valence-corrected chi connectivity index (χ1v) is 13.9. The summed E-state index contributed by atoms with van der Waals surface area (Å²) in [7, 11) is 0. The first-order valence-electron chi connectivity index (χ1n) is 13.9. The summed E-state index contributed by atoms with van der Waals surface area (Å²) in [5.41, 5.74) is 0. The number of aliphatic hydroxyl groups is 1. The summed E-state index contributed by atoms with van der Waals surface area (Å²) in [6, 6.07) is 0. The van der Waals surface area contributed by atoms with Gasteiger partial charge in [0.05, 0.1) is 0 Å². The second kappa shape index (κ2) is 26.5. The van der Waals surface area contributed by atoms with E-state index in [1.165, 1.54) is 141 Å². The molecule has 1 unspecified atom stereocenters. The normalized spacial score (nSPS) is 12.6. The third-order valence-electron chi connectivity index (χ3n) is 6.18. The van der Waals surface area contributed by atoms with Gasteiger partial charge in [0.15, 0.2) is 0 Å². The Balaban J connectivity index is 3.03. The molecule has 0 fully saturated rings. The van der Waals surface area contributed by atoms with Gasteiger partial charge in [-0.1, -0.05) is 148 Å². The Morgan fingerprint density at radius 1 is 0.533 bits per heavy atom. The maximum absolute atomic E-state index is 9.07. The second-order valence-corrected chi connectivity index (χ2v) is 9.46. The van der Waals surface area contributed by atoms with Gasteiger partial charge in [0.1, 0.15) is 6.23 Å². The van der Waals surface area contributed by atoms with Gasteiger partial charge in [-0.2, -0.15) is 0 Å². The zero-order chi connectivity index (χ0) is 22.0. The van der Waals surface area contributed by atoms with Crippen LogP contribution in [-0.4, -0.2) is 11.3 Å². The van der Waals surface area contributed by atoms with Crippen LogP contribution in [0.4, 0.5) is 0 Å². The fourth-order valence-electron chi connectivity index (χ4n) is 4.16. The Hall–Kier alpha value is -0.500. The van der Waals surface area contributed by atoms with Crippen molar-refractivity contribution < 1.29 is 5.11 Å². The molecule has 0 heterocycles. The topological polar surface area (TPSA) is 32.3 Å². The van der Waals surface area contributed by atoms with Crippen molar-refractivity contribution >= 4 is 0 Å². The highest BCUT2D eigenvalue weighted by Gasteiger charge is 1.95. The van der Waals surface area contributed by atoms with E-state index in [1.54, 1.807) is 6.92 Å². The third kappa shape index (κ3) is 27.5. The van der Waals surface area contributed by atoms with E-state index in [1.807, 2.05) is 6.20 Å². The molecule has 0 aromatic carbocycles. The van der Waals surface area contributed by atoms with Gasteiger partial charge in [0.2, 0.25) is 0 Å². The quantitative estimate of drug-likeness (QED) is 0.113. The summed E-state index contributed by atoms with van der Waals surface area (Å²) in [5.74, 6) is 0. The van der Waals surface area contributed by atoms with Crippen molar-refractivity contribution in [2.45, 2.75) is 168 Å². The summed E-state index contributed by atoms with van der Waals surface area (Å²) in [6.07, 6.45) is 36.3. The fraction of sp³-hybridized carbons (Fsp3) is 0.929. The standard InChI is InChI=1S/C28H57NO/c1-3-4-5-6-7-8-9-10-11-12-13-14-15-16-17-18-19-20-21-22-23-24-25-26-27-29-28(2)30/h26-30H,3-25H2,1-2H3. The van der Waals surface area contributed by atoms with Crippen LogP contribution in [0.3, 0.4) is 0 Å². The van der Waals surface area contributed by atoms with Crippen LogP contribution < -0.4 is 5.32 Å². The molecule has 0 saturated carbocycles. The Kier molecular flexibility index (Phi) is 26.1. The first-order chi connectivity index (χ1) is 14.8. The lowest BCUT2D eigenvalue weighted by Gasteiger charge is -2.04. The lowest BCUT2D eigenvalue weighted by Crippen LogP contribution is -2.18. The number of hydrogen-bond acceptors (Lipinski definition) is 2. The van der Waals surface area contributed by atoms with E-state index in [2.05, 4.69) is 18.3 Å². The molecule has 0 amide bonds. The highest BCUT2D eigenvalue weighted by atomic mass is 16.3. The van der Waals surface area contributed by atoms with Gasteiger partial charge in [0.25, 0.3) is 0 Å². The maximum atomic E-state index is 9.07. The monoisotopic (exact) mass is 423 g/mol. The molecule has 1 atom stereocenters. The summed E-state index contributed by atoms with van der Waals surface area (Å²) in [5, 5.41) is 12.0. The molecule has 0 bridgehead atoms. The van der Waals surface area contributed by atoms with Gasteiger partial charge >= 0.3 is 0 Å². The number of hydrogen-bond donors (Lipinski definition) is 2. The van der Waals surface area contributed by atoms with Crippen molar-refractivity contribution in [3.05, 3.63) is 12.3 Å². The van der Waals surface area contributed by atoms with E-state index < -0.39 is 6.23 Å². The molecule has 0 spiro atoms. The van der Waals surface area contributed by atoms with Gasteiger partial charge in [0, 0.05) is 0 Å². The molecule has 2 heteroatoms. The van der Waals surface area contributed by atoms with Crippen molar-refractivity contribution in [2.75, 3.05) is 0 Å². The van der Waals surface area contributed by atoms with Gasteiger partial charge in [-0.25, -0.2) is 0 Å². The van der Waals surface area contributed by atoms with Crippen molar-refractivity contribution in [1.82, 2.24) is 5.32 Å². The molecule has 180 valence electrons. The lowest BCUT2D eigenvalue weighted by molar-refractivity contribution is 0.173. The van der Waals surface area contributed by atoms with Crippen LogP contribution in [0.1, 0.15) is 162 Å². The molecule has 0 rings (SSSR count). The van der Waals surface area contributed by atoms with E-state index >= 15 is 0 Å². The Morgan fingerprint density at radius 3 is 1.13 bits per heavy atom. The predicted molar refractivity (Wildman–Crippen MR) is 136 cm³/mol. The Morgan fingerprint density at radius 2 is 0.833 bits per heavy atom. The molecule has 2 N–H and O–H groups in total. The first kappa shape index (κ1) is 29.5. The van der Waals surface area contributed by atoms with E-state index in [9.17, 15) is 0 Å². The minimum atomic E-state index is -0.439. The van der Waals surface area contributed by atoms with Crippen molar-refractivity contribution in [2.24, 2.45) is 0 Å². The Bertz CT molecular complexity index is 327. The molecular weight excluding hydrogens is 366 g/mol. The average molecular weight is 424 g/mol. The van der Waals surface area contributed by atoms with Crippen LogP contribution in [0.15, 0.2) is 12.3 Å². The highest BCUT2D eigenvalue weighted by Crippen LogP contribution is 2.15. The number of allylic oxidation sites excluding steroid dienone is 1. The summed E-state index contributed by atoms with van der Waals surface area (Å²) >= 11 is 0. The van der Waals surface area contributed by atoms with Crippen molar-refractivity contribution in [3.63, 3.8) is 0 Å². The van der Waals surface area contributed by atoms with E-state index in [0.717, 1.165) is 6.42 Å². The summed E-state index contributed by atoms with van der Waals surface area (Å²) in [6.45, 7) is 4.04. The van der Waals surface area contributed by atoms with Crippen LogP contribution in [0.2, 0.25) is 0 Å². The van der Waals surface area contributed by atoms with Crippen LogP contribution in [0.5, 0.6) is 0 Å². The van der Waals surface area contributed by atoms with Crippen molar-refractivity contribution in [3.8, 4) is 0 Å². The number of unbranched alkanes of at least 4 members (excludes halogenated alkanes) is 22. The van der Waals surface area contributed by atoms with Crippen LogP contribution in [-0.2, 0) is 0 Å². The van der Waals surface area contributed by atoms with Gasteiger partial charge in [-0.3, -0.25) is 0 Å². The third-order valence-corrected chi connectivity index (χ3v) is 6.18. The van der Waals surface area contributed by atoms with E-state index in [0.29, 0.717) is 0 Å². The summed E-state index contributed by atoms with van der Waals surface area (Å²) < 4.78 is 0. The highest BCUT2D eigenvalue weighted by molar-refractivity contribution is 4.79. The number of aliphatic hydroxyl groups excluding tert-OH is 1. The molecule has 0 aliphatic rings. The SMILES string of the molecule is CCCCCCCCCCCCCCCCCCCCCCCCC=CNC(C)O. The van der Waals surface area contributed by atoms with Crippen LogP contribution in [0, 0.1) is 0 Å². The molecule has 0 saturated heterocycles. The van der Waals surface area contributed by atoms with Gasteiger partial charge < -0.3 is 10.4 Å². The second-order valence-electron chi connectivity index (χ2n) is 9.46. The van der Waals surface area contributed by atoms with Crippen LogP contribution >= 0.6 is 0 Å². The predicted octanol–water partition coefficient (Wildman–Crippen LogP) is 9.42. The number of nitrogens with one attached hydrogen (secondary N) is 1. The maximum Gasteiger partial charge on any atom is 0.121 e. The molecule has 0 aliphatic heterocycles. The average Bonchev–Trinajstić information content (AvgIpc) is 2.73. The smallest absolute Gasteiger partial charge is 0.121 e. The van der Waals surface area contributed by atoms with Gasteiger partial charge in [-0.15, -0.1) is 0 Å². The molecule has 0 aromatic heterocycles. The molecule has 0 aliphatic carbocycles. The minimum Gasteiger partial charge on any atom is -0.374 e. The Labute approximate surface area is 190 Å². The zero-order valence-electron chi connectivity index (χ0n) is 20.9. The van der Waals surface area contributed by atoms with Crippen LogP contribution in [0.25, 0.3) is 0 Å². The van der Waals surface area contributed by atoms with E-state index in [4.69, 9.17) is 5.11 Å². The molecule has 2 nitrogen and oxygen atoms in total. The van der Waals surface area contributed by atoms with Crippen molar-refractivity contribution in [1.29, 1.82) is 0 Å². The fourth-order valence-corrected chi connectivity index (χ4v) is 4.16. The summed E-state index contributed by atoms with van der Waals surface area (Å²) in [4.78, 5) is 0. The molecule has 0 aromatic rings. The molecular formula is C28H57NO. The van der Waals surface area contributed by atoms with Gasteiger partial charge in [-0.05, 0) is 26.0 Å². The van der Waals surface area contributed by atoms with E-state index in [-0.39, 0.29) is 0 Å². The number of rotatable bonds is 25. The largest absolute Gasteiger partial charge is 0.374 e. The minimum absolute atomic E-state index is 0.439. The lowest BCUT2D eigenvalue weighted by atomic mass is 10.0. The molecule has 30 heavy (non-hydrogen) atoms.